The van der Waals surface area contributed by atoms with E-state index in [0.29, 0.717) is 35.9 Å². The van der Waals surface area contributed by atoms with Gasteiger partial charge in [0.1, 0.15) is 6.29 Å². The number of aldehydes is 1. The van der Waals surface area contributed by atoms with Crippen molar-refractivity contribution in [3.8, 4) is 0 Å². The molecule has 0 radical (unpaired) electrons. The monoisotopic (exact) mass is 416 g/mol. The lowest BCUT2D eigenvalue weighted by Gasteiger charge is -2.63. The smallest absolute Gasteiger partial charge is 0.334 e. The summed E-state index contributed by atoms with van der Waals surface area (Å²) >= 11 is 0. The average molecular weight is 417 g/mol. The van der Waals surface area contributed by atoms with Crippen molar-refractivity contribution >= 4 is 18.2 Å². The van der Waals surface area contributed by atoms with E-state index < -0.39 is 5.92 Å². The fourth-order valence-electron chi connectivity index (χ4n) is 8.06. The summed E-state index contributed by atoms with van der Waals surface area (Å²) in [5, 5.41) is 0. The van der Waals surface area contributed by atoms with Crippen molar-refractivity contribution in [2.75, 3.05) is 13.7 Å². The molecule has 5 nitrogen and oxygen atoms in total. The number of carbonyl (C=O) groups excluding carboxylic acids is 3. The highest BCUT2D eigenvalue weighted by molar-refractivity contribution is 5.93. The van der Waals surface area contributed by atoms with Crippen LogP contribution in [0.1, 0.15) is 71.6 Å². The Bertz CT molecular complexity index is 742. The van der Waals surface area contributed by atoms with Crippen molar-refractivity contribution in [1.29, 1.82) is 0 Å². The Hall–Kier alpha value is -1.65. The molecule has 0 bridgehead atoms. The minimum absolute atomic E-state index is 0.0944. The van der Waals surface area contributed by atoms with Crippen LogP contribution in [0.15, 0.2) is 11.6 Å². The van der Waals surface area contributed by atoms with Crippen LogP contribution in [0.25, 0.3) is 0 Å². The Kier molecular flexibility index (Phi) is 5.84. The summed E-state index contributed by atoms with van der Waals surface area (Å²) in [4.78, 5) is 36.2. The third-order valence-corrected chi connectivity index (χ3v) is 9.46. The molecule has 0 N–H and O–H groups in total. The van der Waals surface area contributed by atoms with Crippen molar-refractivity contribution in [1.82, 2.24) is 0 Å². The number of fused-ring (bicyclic) bond motifs is 5. The van der Waals surface area contributed by atoms with Crippen LogP contribution in [0.3, 0.4) is 0 Å². The second-order valence-corrected chi connectivity index (χ2v) is 10.5. The van der Waals surface area contributed by atoms with Crippen molar-refractivity contribution in [2.24, 2.45) is 40.4 Å². The number of methoxy groups -OCH3 is 1. The van der Waals surface area contributed by atoms with Gasteiger partial charge in [0.2, 0.25) is 0 Å². The SMILES string of the molecule is COC(=O)C1=CC[C@H]2[C@@H]3CC[C@H]4CCCC[C@]4(COC(C)=O)[C@H]3CC[C@]2(C)[C@@H]1C=O. The Labute approximate surface area is 179 Å². The lowest BCUT2D eigenvalue weighted by Crippen LogP contribution is -2.58. The molecular weight excluding hydrogens is 380 g/mol. The number of ether oxygens (including phenoxy) is 2. The van der Waals surface area contributed by atoms with Gasteiger partial charge < -0.3 is 14.3 Å². The predicted molar refractivity (Wildman–Crippen MR) is 112 cm³/mol. The van der Waals surface area contributed by atoms with E-state index >= 15 is 0 Å². The second kappa shape index (κ2) is 8.12. The Morgan fingerprint density at radius 1 is 1.13 bits per heavy atom. The molecule has 0 heterocycles. The van der Waals surface area contributed by atoms with E-state index in [9.17, 15) is 14.4 Å². The highest BCUT2D eigenvalue weighted by Gasteiger charge is 2.61. The van der Waals surface area contributed by atoms with E-state index in [1.54, 1.807) is 0 Å². The Morgan fingerprint density at radius 2 is 1.93 bits per heavy atom. The van der Waals surface area contributed by atoms with Crippen molar-refractivity contribution in [3.05, 3.63) is 11.6 Å². The first-order valence-corrected chi connectivity index (χ1v) is 11.7. The summed E-state index contributed by atoms with van der Waals surface area (Å²) in [7, 11) is 1.39. The van der Waals surface area contributed by atoms with Gasteiger partial charge in [0.15, 0.2) is 0 Å². The molecule has 0 aromatic heterocycles. The van der Waals surface area contributed by atoms with Crippen LogP contribution in [0.5, 0.6) is 0 Å². The van der Waals surface area contributed by atoms with Gasteiger partial charge in [-0.3, -0.25) is 4.79 Å². The van der Waals surface area contributed by atoms with Crippen LogP contribution in [-0.4, -0.2) is 31.9 Å². The maximum absolute atomic E-state index is 12.3. The van der Waals surface area contributed by atoms with Crippen LogP contribution in [0, 0.1) is 40.4 Å². The summed E-state index contributed by atoms with van der Waals surface area (Å²) in [6.45, 7) is 4.29. The van der Waals surface area contributed by atoms with E-state index in [-0.39, 0.29) is 22.8 Å². The predicted octanol–water partition coefficient (Wildman–Crippen LogP) is 4.49. The molecule has 3 saturated carbocycles. The largest absolute Gasteiger partial charge is 0.466 e. The highest BCUT2D eigenvalue weighted by Crippen LogP contribution is 2.66. The fraction of sp³-hybridized carbons (Fsp3) is 0.800. The molecule has 166 valence electrons. The maximum Gasteiger partial charge on any atom is 0.334 e. The van der Waals surface area contributed by atoms with Crippen molar-refractivity contribution < 1.29 is 23.9 Å². The molecule has 7 atom stereocenters. The minimum Gasteiger partial charge on any atom is -0.466 e. The third-order valence-electron chi connectivity index (χ3n) is 9.46. The number of carbonyl (C=O) groups is 3. The topological polar surface area (TPSA) is 69.7 Å². The summed E-state index contributed by atoms with van der Waals surface area (Å²) in [5.74, 6) is 1.15. The maximum atomic E-state index is 12.3. The molecule has 0 spiro atoms. The normalized spacial score (nSPS) is 42.6. The number of rotatable bonds is 4. The van der Waals surface area contributed by atoms with E-state index in [4.69, 9.17) is 9.47 Å². The number of hydrogen-bond donors (Lipinski definition) is 0. The third kappa shape index (κ3) is 3.23. The molecule has 4 aliphatic carbocycles. The molecule has 0 saturated heterocycles. The van der Waals surface area contributed by atoms with Gasteiger partial charge in [-0.05, 0) is 74.0 Å². The first-order chi connectivity index (χ1) is 14.4. The molecule has 0 aromatic rings. The molecule has 4 rings (SSSR count). The van der Waals surface area contributed by atoms with E-state index in [2.05, 4.69) is 6.92 Å². The molecule has 0 aromatic carbocycles. The van der Waals surface area contributed by atoms with Gasteiger partial charge in [0, 0.05) is 17.9 Å². The van der Waals surface area contributed by atoms with Gasteiger partial charge in [-0.15, -0.1) is 0 Å². The molecule has 0 unspecified atom stereocenters. The fourth-order valence-corrected chi connectivity index (χ4v) is 8.06. The van der Waals surface area contributed by atoms with E-state index in [0.717, 1.165) is 32.0 Å². The number of hydrogen-bond acceptors (Lipinski definition) is 5. The van der Waals surface area contributed by atoms with E-state index in [1.165, 1.54) is 46.1 Å². The first kappa shape index (κ1) is 21.6. The molecule has 0 aliphatic heterocycles. The number of allylic oxidation sites excluding steroid dienone is 1. The summed E-state index contributed by atoms with van der Waals surface area (Å²) < 4.78 is 10.7. The standard InChI is InChI=1S/C25H36O5/c1-16(27)30-15-25-12-5-4-6-17(25)7-8-18-20-10-9-19(23(28)29-3)22(14-26)24(20,2)13-11-21(18)25/h9,14,17-18,20-22H,4-8,10-13,15H2,1-3H3/t17-,18+,20+,21+,22-,24+,25-/m1/s1. The van der Waals surface area contributed by atoms with Gasteiger partial charge in [0.25, 0.3) is 0 Å². The quantitative estimate of drug-likeness (QED) is 0.499. The zero-order valence-electron chi connectivity index (χ0n) is 18.7. The van der Waals surface area contributed by atoms with Crippen LogP contribution in [-0.2, 0) is 23.9 Å². The van der Waals surface area contributed by atoms with Crippen LogP contribution >= 0.6 is 0 Å². The Balaban J connectivity index is 1.68. The summed E-state index contributed by atoms with van der Waals surface area (Å²) in [6.07, 6.45) is 13.0. The zero-order valence-corrected chi connectivity index (χ0v) is 18.7. The Morgan fingerprint density at radius 3 is 2.63 bits per heavy atom. The molecule has 5 heteroatoms. The second-order valence-electron chi connectivity index (χ2n) is 10.5. The lowest BCUT2D eigenvalue weighted by atomic mass is 9.42. The van der Waals surface area contributed by atoms with Crippen molar-refractivity contribution in [2.45, 2.75) is 71.6 Å². The summed E-state index contributed by atoms with van der Waals surface area (Å²) in [6, 6.07) is 0. The minimum atomic E-state index is -0.391. The average Bonchev–Trinajstić information content (AvgIpc) is 2.75. The molecule has 3 fully saturated rings. The van der Waals surface area contributed by atoms with E-state index in [1.807, 2.05) is 6.08 Å². The molecular formula is C25H36O5. The molecule has 0 amide bonds. The summed E-state index contributed by atoms with van der Waals surface area (Å²) in [5.41, 5.74) is 0.438. The van der Waals surface area contributed by atoms with Gasteiger partial charge in [0.05, 0.1) is 19.6 Å². The first-order valence-electron chi connectivity index (χ1n) is 11.7. The lowest BCUT2D eigenvalue weighted by molar-refractivity contribution is -0.172. The number of esters is 2. The van der Waals surface area contributed by atoms with Gasteiger partial charge in [-0.2, -0.15) is 0 Å². The van der Waals surface area contributed by atoms with Crippen LogP contribution in [0.4, 0.5) is 0 Å². The van der Waals surface area contributed by atoms with Gasteiger partial charge >= 0.3 is 11.9 Å². The molecule has 30 heavy (non-hydrogen) atoms. The van der Waals surface area contributed by atoms with Crippen LogP contribution < -0.4 is 0 Å². The van der Waals surface area contributed by atoms with Gasteiger partial charge in [-0.1, -0.05) is 25.8 Å². The highest BCUT2D eigenvalue weighted by atomic mass is 16.5. The van der Waals surface area contributed by atoms with Crippen LogP contribution in [0.2, 0.25) is 0 Å². The zero-order chi connectivity index (χ0) is 21.5. The van der Waals surface area contributed by atoms with Crippen molar-refractivity contribution in [3.63, 3.8) is 0 Å². The van der Waals surface area contributed by atoms with Gasteiger partial charge in [-0.25, -0.2) is 4.79 Å². The molecule has 4 aliphatic rings.